The van der Waals surface area contributed by atoms with Crippen LogP contribution in [0.15, 0.2) is 75.9 Å². The van der Waals surface area contributed by atoms with Gasteiger partial charge in [-0.2, -0.15) is 8.42 Å². The molecule has 195 valence electrons. The molecule has 0 fully saturated rings. The third kappa shape index (κ3) is 8.13. The Morgan fingerprint density at radius 1 is 1.00 bits per heavy atom. The van der Waals surface area contributed by atoms with Crippen LogP contribution in [0, 0.1) is 17.8 Å². The topological polar surface area (TPSA) is 145 Å². The minimum absolute atomic E-state index is 0.115. The predicted octanol–water partition coefficient (Wildman–Crippen LogP) is 5.18. The van der Waals surface area contributed by atoms with Crippen molar-refractivity contribution in [1.29, 1.82) is 0 Å². The van der Waals surface area contributed by atoms with Crippen LogP contribution in [0.25, 0.3) is 16.7 Å². The maximum atomic E-state index is 8.74. The molecule has 2 aliphatic carbocycles. The van der Waals surface area contributed by atoms with E-state index < -0.39 is 10.4 Å². The molecule has 0 spiro atoms. The number of hydrogen-bond acceptors (Lipinski definition) is 5. The van der Waals surface area contributed by atoms with Crippen molar-refractivity contribution in [1.82, 2.24) is 4.98 Å². The van der Waals surface area contributed by atoms with Gasteiger partial charge in [0.05, 0.1) is 0 Å². The van der Waals surface area contributed by atoms with Gasteiger partial charge in [0, 0.05) is 46.0 Å². The summed E-state index contributed by atoms with van der Waals surface area (Å²) in [6.45, 7) is 1.58. The fourth-order valence-electron chi connectivity index (χ4n) is 4.65. The van der Waals surface area contributed by atoms with Gasteiger partial charge in [0.15, 0.2) is 0 Å². The summed E-state index contributed by atoms with van der Waals surface area (Å²) in [6.07, 6.45) is 20.4. The summed E-state index contributed by atoms with van der Waals surface area (Å²) < 4.78 is 39.8. The van der Waals surface area contributed by atoms with Crippen molar-refractivity contribution in [2.75, 3.05) is 13.1 Å². The summed E-state index contributed by atoms with van der Waals surface area (Å²) in [5, 5.41) is 11.0. The minimum atomic E-state index is -4.67. The molecule has 37 heavy (non-hydrogen) atoms. The van der Waals surface area contributed by atoms with Crippen molar-refractivity contribution in [3.05, 3.63) is 92.8 Å². The van der Waals surface area contributed by atoms with E-state index in [2.05, 4.69) is 57.1 Å². The number of nitrogens with zero attached hydrogens (tertiary/aromatic N) is 4. The normalized spacial score (nSPS) is 30.1. The zero-order valence-corrected chi connectivity index (χ0v) is 23.1. The molecule has 6 rings (SSSR count). The number of allylic oxidation sites excluding steroid dienone is 1. The van der Waals surface area contributed by atoms with Crippen LogP contribution in [-0.4, -0.2) is 53.9 Å². The van der Waals surface area contributed by atoms with Gasteiger partial charge in [-0.25, -0.2) is 0 Å². The second kappa shape index (κ2) is 13.9. The van der Waals surface area contributed by atoms with Crippen LogP contribution in [0.4, 0.5) is 0 Å². The summed E-state index contributed by atoms with van der Waals surface area (Å²) >= 11 is 13.6. The van der Waals surface area contributed by atoms with Gasteiger partial charge >= 0.3 is 31.4 Å². The molecule has 1 aromatic rings. The molecule has 13 heteroatoms. The van der Waals surface area contributed by atoms with Crippen LogP contribution in [0.3, 0.4) is 0 Å². The standard InChI is InChI=1S/C12H12ClN2.C12H10ClN2.H2O4S.O.V/c2*13-10-7-8-3-1-5-14-11(8)12-9(10)4-2-6-15-12;1-5(2,3)4;;/h1-4,6-9,11-12H,5H2;1-5,7,9,12H,6H2;(H2,1,2,3,4);;/q2*-1;;;+2. The van der Waals surface area contributed by atoms with Gasteiger partial charge < -0.3 is 10.6 Å². The van der Waals surface area contributed by atoms with Gasteiger partial charge in [0.25, 0.3) is 0 Å². The molecule has 6 unspecified atom stereocenters. The third-order valence-corrected chi connectivity index (χ3v) is 6.82. The van der Waals surface area contributed by atoms with Crippen LogP contribution in [0.1, 0.15) is 17.3 Å². The molecule has 0 radical (unpaired) electrons. The SMILES string of the molecule is ClC1=CC2C=CC[N-]C2C2N=CC=CC12.ClC1=Cc2cccnc2C2[N-]CC=CC12.O=S(=O)(O)O.[O]=[V+2]. The summed E-state index contributed by atoms with van der Waals surface area (Å²) in [6, 6.07) is 4.57. The fourth-order valence-corrected chi connectivity index (χ4v) is 5.30. The predicted molar refractivity (Wildman–Crippen MR) is 140 cm³/mol. The zero-order chi connectivity index (χ0) is 27.0. The van der Waals surface area contributed by atoms with Crippen molar-refractivity contribution >= 4 is 45.9 Å². The first-order chi connectivity index (χ1) is 17.7. The monoisotopic (exact) mass is 601 g/mol. The number of halogens is 2. The summed E-state index contributed by atoms with van der Waals surface area (Å²) in [5.74, 6) is 0.784. The average molecular weight is 602 g/mol. The van der Waals surface area contributed by atoms with E-state index in [4.69, 9.17) is 44.4 Å². The molecule has 0 amide bonds. The third-order valence-electron chi connectivity index (χ3n) is 6.08. The van der Waals surface area contributed by atoms with E-state index in [1.54, 1.807) is 0 Å². The Kier molecular flexibility index (Phi) is 11.2. The number of pyridine rings is 1. The molecule has 1 aromatic heterocycles. The Bertz CT molecular complexity index is 1240. The Morgan fingerprint density at radius 3 is 2.46 bits per heavy atom. The number of rotatable bonds is 0. The fraction of sp³-hybridized carbons (Fsp3) is 0.333. The zero-order valence-electron chi connectivity index (χ0n) is 19.3. The van der Waals surface area contributed by atoms with Gasteiger partial charge in [0.2, 0.25) is 0 Å². The van der Waals surface area contributed by atoms with Crippen LogP contribution in [-0.2, 0) is 31.4 Å². The Hall–Kier alpha value is -1.73. The van der Waals surface area contributed by atoms with E-state index in [-0.39, 0.29) is 30.0 Å². The van der Waals surface area contributed by atoms with Crippen molar-refractivity contribution in [3.63, 3.8) is 0 Å². The molecule has 0 bridgehead atoms. The molecule has 6 atom stereocenters. The molecule has 4 heterocycles. The van der Waals surface area contributed by atoms with Gasteiger partial charge in [-0.15, -0.1) is 31.3 Å². The summed E-state index contributed by atoms with van der Waals surface area (Å²) in [5.41, 5.74) is 2.15. The van der Waals surface area contributed by atoms with Crippen LogP contribution >= 0.6 is 23.2 Å². The Morgan fingerprint density at radius 2 is 1.70 bits per heavy atom. The quantitative estimate of drug-likeness (QED) is 0.309. The second-order valence-corrected chi connectivity index (χ2v) is 10.1. The molecule has 2 N–H and O–H groups in total. The Labute approximate surface area is 235 Å². The van der Waals surface area contributed by atoms with E-state index in [9.17, 15) is 0 Å². The molecule has 9 nitrogen and oxygen atoms in total. The maximum absolute atomic E-state index is 8.74. The van der Waals surface area contributed by atoms with E-state index >= 15 is 0 Å². The first kappa shape index (κ1) is 29.8. The average Bonchev–Trinajstić information content (AvgIpc) is 2.90. The summed E-state index contributed by atoms with van der Waals surface area (Å²) in [4.78, 5) is 8.93. The van der Waals surface area contributed by atoms with Gasteiger partial charge in [0.1, 0.15) is 0 Å². The first-order valence-corrected chi connectivity index (χ1v) is 13.9. The Balaban J connectivity index is 0.000000166. The molecular weight excluding hydrogens is 578 g/mol. The molecule has 5 aliphatic rings. The van der Waals surface area contributed by atoms with Crippen molar-refractivity contribution < 1.29 is 38.6 Å². The number of fused-ring (bicyclic) bond motifs is 6. The number of aliphatic imine (C=N–C) groups is 1. The van der Waals surface area contributed by atoms with E-state index in [0.29, 0.717) is 5.92 Å². The molecule has 0 saturated heterocycles. The number of dihydropyridines is 1. The molecule has 0 saturated carbocycles. The first-order valence-electron chi connectivity index (χ1n) is 11.2. The van der Waals surface area contributed by atoms with E-state index in [1.165, 1.54) is 0 Å². The number of aromatic nitrogens is 1. The molecule has 0 aromatic carbocycles. The van der Waals surface area contributed by atoms with Crippen LogP contribution in [0.2, 0.25) is 0 Å². The van der Waals surface area contributed by atoms with Crippen LogP contribution < -0.4 is 0 Å². The van der Waals surface area contributed by atoms with Gasteiger partial charge in [-0.3, -0.25) is 19.1 Å². The van der Waals surface area contributed by atoms with Crippen molar-refractivity contribution in [2.24, 2.45) is 22.7 Å². The second-order valence-electron chi connectivity index (χ2n) is 8.33. The van der Waals surface area contributed by atoms with E-state index in [1.807, 2.05) is 36.7 Å². The van der Waals surface area contributed by atoms with Crippen LogP contribution in [0.5, 0.6) is 0 Å². The van der Waals surface area contributed by atoms with Gasteiger partial charge in [-0.05, 0) is 29.7 Å². The van der Waals surface area contributed by atoms with Gasteiger partial charge in [-0.1, -0.05) is 59.6 Å². The molecule has 3 aliphatic heterocycles. The van der Waals surface area contributed by atoms with E-state index in [0.717, 1.165) is 51.8 Å². The number of hydrogen-bond donors (Lipinski definition) is 2. The van der Waals surface area contributed by atoms with Crippen molar-refractivity contribution in [2.45, 2.75) is 18.1 Å². The van der Waals surface area contributed by atoms with Crippen molar-refractivity contribution in [3.8, 4) is 0 Å². The summed E-state index contributed by atoms with van der Waals surface area (Å²) in [7, 11) is -4.67. The molecular formula is C24H24Cl2N4O5SV.